The smallest absolute Gasteiger partial charge is 0.342 e. The van der Waals surface area contributed by atoms with Gasteiger partial charge in [0.1, 0.15) is 5.75 Å². The van der Waals surface area contributed by atoms with E-state index < -0.39 is 17.5 Å². The quantitative estimate of drug-likeness (QED) is 0.345. The monoisotopic (exact) mass is 388 g/mol. The summed E-state index contributed by atoms with van der Waals surface area (Å²) in [5, 5.41) is 15.7. The number of methoxy groups -OCH3 is 3. The van der Waals surface area contributed by atoms with E-state index in [0.717, 1.165) is 5.56 Å². The van der Waals surface area contributed by atoms with Crippen LogP contribution in [0, 0.1) is 0 Å². The zero-order valence-electron chi connectivity index (χ0n) is 16.7. The van der Waals surface area contributed by atoms with Crippen LogP contribution in [0.15, 0.2) is 46.3 Å². The molecule has 0 spiro atoms. The number of benzene rings is 1. The van der Waals surface area contributed by atoms with Gasteiger partial charge in [-0.3, -0.25) is 0 Å². The molecule has 0 bridgehead atoms. The molecule has 0 saturated heterocycles. The maximum Gasteiger partial charge on any atom is 0.342 e. The minimum atomic E-state index is -1.63. The van der Waals surface area contributed by atoms with Crippen molar-refractivity contribution in [3.05, 3.63) is 46.7 Å². The van der Waals surface area contributed by atoms with Crippen LogP contribution in [-0.2, 0) is 19.1 Å². The largest absolute Gasteiger partial charge is 0.497 e. The Hall–Kier alpha value is -3.29. The lowest BCUT2D eigenvalue weighted by Gasteiger charge is -2.39. The number of nitrogens with zero attached hydrogens (tertiary/aromatic N) is 1. The number of rotatable bonds is 5. The minimum absolute atomic E-state index is 0.0337. The summed E-state index contributed by atoms with van der Waals surface area (Å²) in [5.74, 6) is -0.670. The van der Waals surface area contributed by atoms with Gasteiger partial charge in [-0.1, -0.05) is 17.3 Å². The summed E-state index contributed by atoms with van der Waals surface area (Å²) in [4.78, 5) is 25.4. The average Bonchev–Trinajstić information content (AvgIpc) is 2.73. The lowest BCUT2D eigenvalue weighted by molar-refractivity contribution is -0.144. The summed E-state index contributed by atoms with van der Waals surface area (Å²) in [6, 6.07) is 7.13. The Morgan fingerprint density at radius 1 is 1.07 bits per heavy atom. The Morgan fingerprint density at radius 2 is 1.68 bits per heavy atom. The summed E-state index contributed by atoms with van der Waals surface area (Å²) in [5.41, 5.74) is 0.707. The first-order valence-electron chi connectivity index (χ1n) is 8.49. The predicted molar refractivity (Wildman–Crippen MR) is 103 cm³/mol. The van der Waals surface area contributed by atoms with Gasteiger partial charge in [0.25, 0.3) is 0 Å². The fourth-order valence-electron chi connectivity index (χ4n) is 3.42. The van der Waals surface area contributed by atoms with Crippen LogP contribution in [0.2, 0.25) is 0 Å². The van der Waals surface area contributed by atoms with Crippen molar-refractivity contribution in [2.75, 3.05) is 21.3 Å². The molecule has 0 saturated carbocycles. The van der Waals surface area contributed by atoms with Gasteiger partial charge in [0.05, 0.1) is 32.6 Å². The Labute approximate surface area is 163 Å². The van der Waals surface area contributed by atoms with Gasteiger partial charge >= 0.3 is 11.9 Å². The van der Waals surface area contributed by atoms with Crippen molar-refractivity contribution >= 4 is 23.2 Å². The van der Waals surface area contributed by atoms with E-state index in [1.807, 2.05) is 0 Å². The maximum absolute atomic E-state index is 12.7. The van der Waals surface area contributed by atoms with Crippen molar-refractivity contribution in [2.45, 2.75) is 26.3 Å². The molecule has 1 heterocycles. The fourth-order valence-corrected chi connectivity index (χ4v) is 3.42. The Bertz CT molecular complexity index is 882. The third-order valence-corrected chi connectivity index (χ3v) is 4.89. The molecule has 1 aliphatic heterocycles. The molecule has 1 aliphatic rings. The van der Waals surface area contributed by atoms with Crippen molar-refractivity contribution in [1.82, 2.24) is 5.32 Å². The van der Waals surface area contributed by atoms with Crippen LogP contribution in [0.5, 0.6) is 5.75 Å². The predicted octanol–water partition coefficient (Wildman–Crippen LogP) is 2.28. The second kappa shape index (κ2) is 8.16. The van der Waals surface area contributed by atoms with E-state index in [9.17, 15) is 14.8 Å². The SMILES string of the molecule is COC(=O)C1=C(C)C(C(=O)OC)(C(C)=NO)NC(C)=C1c1ccc(OC)cc1. The number of hydrogen-bond acceptors (Lipinski definition) is 8. The Morgan fingerprint density at radius 3 is 2.14 bits per heavy atom. The first-order chi connectivity index (χ1) is 13.3. The van der Waals surface area contributed by atoms with E-state index in [2.05, 4.69) is 10.5 Å². The van der Waals surface area contributed by atoms with E-state index in [1.54, 1.807) is 45.2 Å². The highest BCUT2D eigenvalue weighted by Crippen LogP contribution is 2.39. The number of allylic oxidation sites excluding steroid dienone is 1. The van der Waals surface area contributed by atoms with Gasteiger partial charge in [0.2, 0.25) is 0 Å². The zero-order valence-corrected chi connectivity index (χ0v) is 16.7. The van der Waals surface area contributed by atoms with Gasteiger partial charge < -0.3 is 24.7 Å². The number of oxime groups is 1. The topological polar surface area (TPSA) is 106 Å². The maximum atomic E-state index is 12.7. The van der Waals surface area contributed by atoms with Gasteiger partial charge in [0.15, 0.2) is 5.54 Å². The number of ether oxygens (including phenoxy) is 3. The summed E-state index contributed by atoms with van der Waals surface area (Å²) < 4.78 is 15.1. The molecule has 2 N–H and O–H groups in total. The van der Waals surface area contributed by atoms with Crippen LogP contribution in [-0.4, -0.2) is 49.7 Å². The van der Waals surface area contributed by atoms with Crippen LogP contribution in [0.3, 0.4) is 0 Å². The molecule has 0 amide bonds. The molecular weight excluding hydrogens is 364 g/mol. The lowest BCUT2D eigenvalue weighted by Crippen LogP contribution is -2.60. The molecule has 0 aliphatic carbocycles. The molecule has 0 radical (unpaired) electrons. The number of carbonyl (C=O) groups excluding carboxylic acids is 2. The highest BCUT2D eigenvalue weighted by Gasteiger charge is 2.50. The summed E-state index contributed by atoms with van der Waals surface area (Å²) in [7, 11) is 4.05. The second-order valence-corrected chi connectivity index (χ2v) is 6.27. The average molecular weight is 388 g/mol. The lowest BCUT2D eigenvalue weighted by atomic mass is 9.76. The molecular formula is C20H24N2O6. The molecule has 8 heteroatoms. The summed E-state index contributed by atoms with van der Waals surface area (Å²) in [6.45, 7) is 4.78. The van der Waals surface area contributed by atoms with Crippen LogP contribution in [0.25, 0.3) is 5.57 Å². The van der Waals surface area contributed by atoms with E-state index >= 15 is 0 Å². The van der Waals surface area contributed by atoms with Gasteiger partial charge in [-0.15, -0.1) is 0 Å². The second-order valence-electron chi connectivity index (χ2n) is 6.27. The first kappa shape index (κ1) is 21.0. The summed E-state index contributed by atoms with van der Waals surface area (Å²) in [6.07, 6.45) is 0. The highest BCUT2D eigenvalue weighted by molar-refractivity contribution is 6.19. The van der Waals surface area contributed by atoms with Crippen molar-refractivity contribution in [2.24, 2.45) is 5.16 Å². The number of esters is 2. The molecule has 28 heavy (non-hydrogen) atoms. The molecule has 1 aromatic rings. The van der Waals surface area contributed by atoms with E-state index in [4.69, 9.17) is 14.2 Å². The Kier molecular flexibility index (Phi) is 6.12. The van der Waals surface area contributed by atoms with Crippen molar-refractivity contribution in [3.63, 3.8) is 0 Å². The van der Waals surface area contributed by atoms with Crippen LogP contribution in [0.4, 0.5) is 0 Å². The van der Waals surface area contributed by atoms with Crippen LogP contribution >= 0.6 is 0 Å². The third-order valence-electron chi connectivity index (χ3n) is 4.89. The fraction of sp³-hybridized carbons (Fsp3) is 0.350. The van der Waals surface area contributed by atoms with E-state index in [0.29, 0.717) is 22.6 Å². The standard InChI is InChI=1S/C20H24N2O6/c1-11-16(18(23)27-5)17(14-7-9-15(26-4)10-8-14)12(2)21-20(11,13(3)22-25)19(24)28-6/h7-10,21,25H,1-6H3. The first-order valence-corrected chi connectivity index (χ1v) is 8.49. The number of dihydropyridines is 1. The molecule has 1 aromatic carbocycles. The van der Waals surface area contributed by atoms with E-state index in [1.165, 1.54) is 21.1 Å². The van der Waals surface area contributed by atoms with Crippen LogP contribution in [0.1, 0.15) is 26.3 Å². The molecule has 2 rings (SSSR count). The zero-order chi connectivity index (χ0) is 21.1. The van der Waals surface area contributed by atoms with E-state index in [-0.39, 0.29) is 11.3 Å². The van der Waals surface area contributed by atoms with Crippen molar-refractivity contribution in [1.29, 1.82) is 0 Å². The number of carbonyl (C=O) groups is 2. The number of nitrogens with one attached hydrogen (secondary N) is 1. The Balaban J connectivity index is 2.82. The molecule has 8 nitrogen and oxygen atoms in total. The van der Waals surface area contributed by atoms with Crippen molar-refractivity contribution < 1.29 is 29.0 Å². The van der Waals surface area contributed by atoms with Gasteiger partial charge in [-0.2, -0.15) is 0 Å². The minimum Gasteiger partial charge on any atom is -0.497 e. The molecule has 150 valence electrons. The van der Waals surface area contributed by atoms with Gasteiger partial charge in [-0.05, 0) is 44.0 Å². The van der Waals surface area contributed by atoms with Gasteiger partial charge in [0, 0.05) is 11.3 Å². The summed E-state index contributed by atoms with van der Waals surface area (Å²) >= 11 is 0. The normalized spacial score (nSPS) is 19.9. The van der Waals surface area contributed by atoms with Crippen molar-refractivity contribution in [3.8, 4) is 5.75 Å². The molecule has 0 fully saturated rings. The molecule has 1 atom stereocenters. The van der Waals surface area contributed by atoms with Crippen LogP contribution < -0.4 is 10.1 Å². The molecule has 0 aromatic heterocycles. The highest BCUT2D eigenvalue weighted by atomic mass is 16.5. The van der Waals surface area contributed by atoms with Gasteiger partial charge in [-0.25, -0.2) is 9.59 Å². The molecule has 1 unspecified atom stereocenters. The third kappa shape index (κ3) is 3.21. The number of hydrogen-bond donors (Lipinski definition) is 2.